The summed E-state index contributed by atoms with van der Waals surface area (Å²) in [6.07, 6.45) is -0.388. The molecule has 0 radical (unpaired) electrons. The third-order valence-electron chi connectivity index (χ3n) is 3.79. The molecule has 2 aromatic carbocycles. The van der Waals surface area contributed by atoms with Crippen molar-refractivity contribution >= 4 is 11.8 Å². The van der Waals surface area contributed by atoms with Crippen LogP contribution in [-0.4, -0.2) is 30.8 Å². The maximum atomic E-state index is 12.8. The summed E-state index contributed by atoms with van der Waals surface area (Å²) < 4.78 is 16.2. The van der Waals surface area contributed by atoms with Crippen molar-refractivity contribution in [3.63, 3.8) is 0 Å². The summed E-state index contributed by atoms with van der Waals surface area (Å²) in [5, 5.41) is 0. The minimum Gasteiger partial charge on any atom is -0.497 e. The predicted octanol–water partition coefficient (Wildman–Crippen LogP) is 4.22. The second-order valence-electron chi connectivity index (χ2n) is 7.30. The van der Waals surface area contributed by atoms with E-state index in [-0.39, 0.29) is 6.09 Å². The summed E-state index contributed by atoms with van der Waals surface area (Å²) in [5.41, 5.74) is 7.70. The Morgan fingerprint density at radius 3 is 1.93 bits per heavy atom. The molecule has 0 spiro atoms. The van der Waals surface area contributed by atoms with Gasteiger partial charge in [-0.05, 0) is 56.2 Å². The van der Waals surface area contributed by atoms with E-state index in [2.05, 4.69) is 0 Å². The normalized spacial score (nSPS) is 11.0. The molecule has 0 saturated heterocycles. The SMILES string of the molecule is COc1cc(CN(Cc2ccc(N)cc2)C(=O)OC(C)(C)C)cc(OC)c1. The van der Waals surface area contributed by atoms with Gasteiger partial charge < -0.3 is 19.9 Å². The molecule has 0 aliphatic rings. The molecule has 0 bridgehead atoms. The zero-order chi connectivity index (χ0) is 20.0. The van der Waals surface area contributed by atoms with Gasteiger partial charge in [0.25, 0.3) is 0 Å². The van der Waals surface area contributed by atoms with Crippen molar-refractivity contribution in [2.45, 2.75) is 39.5 Å². The molecular weight excluding hydrogens is 344 g/mol. The molecule has 0 fully saturated rings. The molecule has 146 valence electrons. The van der Waals surface area contributed by atoms with Crippen LogP contribution in [-0.2, 0) is 17.8 Å². The molecule has 0 heterocycles. The number of hydrogen-bond donors (Lipinski definition) is 1. The number of hydrogen-bond acceptors (Lipinski definition) is 5. The number of nitrogens with zero attached hydrogens (tertiary/aromatic N) is 1. The molecule has 1 amide bonds. The van der Waals surface area contributed by atoms with Gasteiger partial charge in [0, 0.05) is 24.8 Å². The fraction of sp³-hybridized carbons (Fsp3) is 0.381. The van der Waals surface area contributed by atoms with Crippen molar-refractivity contribution in [3.05, 3.63) is 53.6 Å². The number of ether oxygens (including phenoxy) is 3. The van der Waals surface area contributed by atoms with Gasteiger partial charge in [0.05, 0.1) is 14.2 Å². The first-order chi connectivity index (χ1) is 12.7. The van der Waals surface area contributed by atoms with Crippen LogP contribution in [0.3, 0.4) is 0 Å². The van der Waals surface area contributed by atoms with Gasteiger partial charge in [-0.3, -0.25) is 4.90 Å². The van der Waals surface area contributed by atoms with E-state index < -0.39 is 5.60 Å². The predicted molar refractivity (Wildman–Crippen MR) is 106 cm³/mol. The minimum absolute atomic E-state index is 0.354. The van der Waals surface area contributed by atoms with E-state index >= 15 is 0 Å². The van der Waals surface area contributed by atoms with Crippen LogP contribution in [0.1, 0.15) is 31.9 Å². The topological polar surface area (TPSA) is 74.0 Å². The Morgan fingerprint density at radius 2 is 1.44 bits per heavy atom. The summed E-state index contributed by atoms with van der Waals surface area (Å²) >= 11 is 0. The lowest BCUT2D eigenvalue weighted by Crippen LogP contribution is -2.36. The molecule has 0 atom stereocenters. The molecule has 0 aliphatic carbocycles. The lowest BCUT2D eigenvalue weighted by atomic mass is 10.1. The second-order valence-corrected chi connectivity index (χ2v) is 7.30. The first-order valence-electron chi connectivity index (χ1n) is 8.74. The zero-order valence-corrected chi connectivity index (χ0v) is 16.6. The standard InChI is InChI=1S/C21H28N2O4/c1-21(2,3)27-20(24)23(13-15-6-8-17(22)9-7-15)14-16-10-18(25-4)12-19(11-16)26-5/h6-12H,13-14,22H2,1-5H3. The van der Waals surface area contributed by atoms with Gasteiger partial charge in [0.1, 0.15) is 17.1 Å². The Kier molecular flexibility index (Phi) is 6.55. The highest BCUT2D eigenvalue weighted by Crippen LogP contribution is 2.25. The summed E-state index contributed by atoms with van der Waals surface area (Å²) in [7, 11) is 3.19. The van der Waals surface area contributed by atoms with E-state index in [1.807, 2.05) is 57.2 Å². The number of amides is 1. The number of anilines is 1. The lowest BCUT2D eigenvalue weighted by Gasteiger charge is -2.28. The van der Waals surface area contributed by atoms with E-state index in [9.17, 15) is 4.79 Å². The fourth-order valence-corrected chi connectivity index (χ4v) is 2.53. The van der Waals surface area contributed by atoms with Gasteiger partial charge in [0.2, 0.25) is 0 Å². The molecule has 0 unspecified atom stereocenters. The monoisotopic (exact) mass is 372 g/mol. The van der Waals surface area contributed by atoms with Crippen LogP contribution in [0.25, 0.3) is 0 Å². The highest BCUT2D eigenvalue weighted by molar-refractivity contribution is 5.68. The Bertz CT molecular complexity index is 744. The summed E-state index contributed by atoms with van der Waals surface area (Å²) in [5.74, 6) is 1.34. The van der Waals surface area contributed by atoms with Crippen molar-refractivity contribution < 1.29 is 19.0 Å². The highest BCUT2D eigenvalue weighted by atomic mass is 16.6. The molecule has 2 N–H and O–H groups in total. The maximum Gasteiger partial charge on any atom is 0.410 e. The average molecular weight is 372 g/mol. The lowest BCUT2D eigenvalue weighted by molar-refractivity contribution is 0.0216. The van der Waals surface area contributed by atoms with Crippen LogP contribution >= 0.6 is 0 Å². The van der Waals surface area contributed by atoms with E-state index in [4.69, 9.17) is 19.9 Å². The van der Waals surface area contributed by atoms with Crippen LogP contribution in [0.4, 0.5) is 10.5 Å². The van der Waals surface area contributed by atoms with Gasteiger partial charge in [-0.1, -0.05) is 12.1 Å². The molecule has 2 rings (SSSR count). The third-order valence-corrected chi connectivity index (χ3v) is 3.79. The van der Waals surface area contributed by atoms with Crippen molar-refractivity contribution in [3.8, 4) is 11.5 Å². The molecule has 0 aliphatic heterocycles. The number of nitrogen functional groups attached to an aromatic ring is 1. The van der Waals surface area contributed by atoms with Crippen LogP contribution in [0, 0.1) is 0 Å². The van der Waals surface area contributed by atoms with Gasteiger partial charge in [-0.2, -0.15) is 0 Å². The van der Waals surface area contributed by atoms with E-state index in [1.165, 1.54) is 0 Å². The Hall–Kier alpha value is -2.89. The van der Waals surface area contributed by atoms with Gasteiger partial charge >= 0.3 is 6.09 Å². The summed E-state index contributed by atoms with van der Waals surface area (Å²) in [6.45, 7) is 6.30. The van der Waals surface area contributed by atoms with Crippen molar-refractivity contribution in [1.82, 2.24) is 4.90 Å². The van der Waals surface area contributed by atoms with Crippen molar-refractivity contribution in [1.29, 1.82) is 0 Å². The molecular formula is C21H28N2O4. The number of carbonyl (C=O) groups excluding carboxylic acids is 1. The Labute approximate surface area is 160 Å². The fourth-order valence-electron chi connectivity index (χ4n) is 2.53. The van der Waals surface area contributed by atoms with E-state index in [0.717, 1.165) is 11.1 Å². The number of benzene rings is 2. The van der Waals surface area contributed by atoms with Crippen molar-refractivity contribution in [2.75, 3.05) is 20.0 Å². The Morgan fingerprint density at radius 1 is 0.926 bits per heavy atom. The molecule has 2 aromatic rings. The first-order valence-corrected chi connectivity index (χ1v) is 8.74. The van der Waals surface area contributed by atoms with Crippen LogP contribution in [0.5, 0.6) is 11.5 Å². The highest BCUT2D eigenvalue weighted by Gasteiger charge is 2.23. The number of nitrogens with two attached hydrogens (primary N) is 1. The van der Waals surface area contributed by atoms with Crippen LogP contribution in [0.2, 0.25) is 0 Å². The van der Waals surface area contributed by atoms with Crippen LogP contribution < -0.4 is 15.2 Å². The molecule has 0 aromatic heterocycles. The van der Waals surface area contributed by atoms with E-state index in [1.54, 1.807) is 25.2 Å². The van der Waals surface area contributed by atoms with Gasteiger partial charge in [-0.15, -0.1) is 0 Å². The number of carbonyl (C=O) groups is 1. The number of rotatable bonds is 6. The molecule has 0 saturated carbocycles. The van der Waals surface area contributed by atoms with E-state index in [0.29, 0.717) is 30.3 Å². The number of methoxy groups -OCH3 is 2. The zero-order valence-electron chi connectivity index (χ0n) is 16.6. The second kappa shape index (κ2) is 8.66. The first kappa shape index (κ1) is 20.4. The minimum atomic E-state index is -0.581. The Balaban J connectivity index is 2.28. The third kappa shape index (κ3) is 6.40. The van der Waals surface area contributed by atoms with Crippen LogP contribution in [0.15, 0.2) is 42.5 Å². The van der Waals surface area contributed by atoms with Crippen molar-refractivity contribution in [2.24, 2.45) is 0 Å². The van der Waals surface area contributed by atoms with Gasteiger partial charge in [-0.25, -0.2) is 4.79 Å². The molecule has 27 heavy (non-hydrogen) atoms. The smallest absolute Gasteiger partial charge is 0.410 e. The summed E-state index contributed by atoms with van der Waals surface area (Å²) in [4.78, 5) is 14.4. The largest absolute Gasteiger partial charge is 0.497 e. The maximum absolute atomic E-state index is 12.8. The molecule has 6 nitrogen and oxygen atoms in total. The quantitative estimate of drug-likeness (QED) is 0.769. The van der Waals surface area contributed by atoms with Gasteiger partial charge in [0.15, 0.2) is 0 Å². The summed E-state index contributed by atoms with van der Waals surface area (Å²) in [6, 6.07) is 13.0. The molecule has 6 heteroatoms. The average Bonchev–Trinajstić information content (AvgIpc) is 2.61.